The zero-order chi connectivity index (χ0) is 13.0. The van der Waals surface area contributed by atoms with E-state index in [2.05, 4.69) is 12.2 Å². The summed E-state index contributed by atoms with van der Waals surface area (Å²) in [5.74, 6) is 1.95. The summed E-state index contributed by atoms with van der Waals surface area (Å²) in [6.45, 7) is 4.57. The molecule has 1 N–H and O–H groups in total. The Kier molecular flexibility index (Phi) is 5.04. The van der Waals surface area contributed by atoms with E-state index in [0.717, 1.165) is 37.8 Å². The zero-order valence-electron chi connectivity index (χ0n) is 12.0. The fourth-order valence-corrected chi connectivity index (χ4v) is 3.30. The zero-order valence-corrected chi connectivity index (χ0v) is 12.0. The Bertz CT molecular complexity index is 266. The Morgan fingerprint density at radius 3 is 2.56 bits per heavy atom. The Balaban J connectivity index is 1.70. The first-order valence-electron chi connectivity index (χ1n) is 7.63. The van der Waals surface area contributed by atoms with Crippen LogP contribution in [0.4, 0.5) is 0 Å². The van der Waals surface area contributed by atoms with Crippen LogP contribution < -0.4 is 5.32 Å². The minimum Gasteiger partial charge on any atom is -0.343 e. The molecule has 0 aromatic carbocycles. The Morgan fingerprint density at radius 2 is 1.94 bits per heavy atom. The van der Waals surface area contributed by atoms with E-state index in [1.807, 2.05) is 11.9 Å². The predicted octanol–water partition coefficient (Wildman–Crippen LogP) is 2.41. The molecule has 3 nitrogen and oxygen atoms in total. The molecular formula is C15H28N2O. The molecule has 1 saturated carbocycles. The van der Waals surface area contributed by atoms with E-state index < -0.39 is 0 Å². The van der Waals surface area contributed by atoms with Gasteiger partial charge >= 0.3 is 0 Å². The SMILES string of the molecule is CC1CCC(N(C)C(=O)CCC2CCNC2)CC1. The highest BCUT2D eigenvalue weighted by Crippen LogP contribution is 2.27. The van der Waals surface area contributed by atoms with Gasteiger partial charge < -0.3 is 10.2 Å². The number of amides is 1. The largest absolute Gasteiger partial charge is 0.343 e. The molecule has 1 aliphatic carbocycles. The van der Waals surface area contributed by atoms with Crippen LogP contribution in [0.25, 0.3) is 0 Å². The van der Waals surface area contributed by atoms with E-state index in [-0.39, 0.29) is 0 Å². The van der Waals surface area contributed by atoms with Gasteiger partial charge in [-0.3, -0.25) is 4.79 Å². The van der Waals surface area contributed by atoms with Crippen LogP contribution in [-0.4, -0.2) is 37.0 Å². The lowest BCUT2D eigenvalue weighted by Crippen LogP contribution is -2.39. The number of nitrogens with one attached hydrogen (secondary N) is 1. The highest BCUT2D eigenvalue weighted by Gasteiger charge is 2.25. The molecule has 1 saturated heterocycles. The first kappa shape index (κ1) is 13.9. The van der Waals surface area contributed by atoms with Crippen LogP contribution >= 0.6 is 0 Å². The Labute approximate surface area is 111 Å². The predicted molar refractivity (Wildman–Crippen MR) is 74.4 cm³/mol. The maximum atomic E-state index is 12.2. The van der Waals surface area contributed by atoms with E-state index in [4.69, 9.17) is 0 Å². The van der Waals surface area contributed by atoms with E-state index in [0.29, 0.717) is 11.9 Å². The maximum absolute atomic E-state index is 12.2. The molecule has 0 aromatic rings. The van der Waals surface area contributed by atoms with Crippen LogP contribution in [0.3, 0.4) is 0 Å². The molecule has 0 bridgehead atoms. The van der Waals surface area contributed by atoms with Gasteiger partial charge in [-0.2, -0.15) is 0 Å². The normalized spacial score (nSPS) is 32.4. The average molecular weight is 252 g/mol. The summed E-state index contributed by atoms with van der Waals surface area (Å²) in [5.41, 5.74) is 0. The lowest BCUT2D eigenvalue weighted by molar-refractivity contribution is -0.133. The molecule has 1 atom stereocenters. The van der Waals surface area contributed by atoms with E-state index >= 15 is 0 Å². The maximum Gasteiger partial charge on any atom is 0.222 e. The minimum absolute atomic E-state index is 0.362. The summed E-state index contributed by atoms with van der Waals surface area (Å²) < 4.78 is 0. The van der Waals surface area contributed by atoms with Crippen molar-refractivity contribution in [3.05, 3.63) is 0 Å². The number of carbonyl (C=O) groups is 1. The number of carbonyl (C=O) groups excluding carboxylic acids is 1. The van der Waals surface area contributed by atoms with Crippen molar-refractivity contribution in [2.75, 3.05) is 20.1 Å². The molecule has 2 aliphatic rings. The monoisotopic (exact) mass is 252 g/mol. The van der Waals surface area contributed by atoms with Gasteiger partial charge in [0.05, 0.1) is 0 Å². The second-order valence-corrected chi connectivity index (χ2v) is 6.32. The van der Waals surface area contributed by atoms with Crippen molar-refractivity contribution in [3.8, 4) is 0 Å². The minimum atomic E-state index is 0.362. The highest BCUT2D eigenvalue weighted by molar-refractivity contribution is 5.76. The number of hydrogen-bond donors (Lipinski definition) is 1. The van der Waals surface area contributed by atoms with Gasteiger partial charge in [0.1, 0.15) is 0 Å². The van der Waals surface area contributed by atoms with Gasteiger partial charge in [-0.25, -0.2) is 0 Å². The molecule has 104 valence electrons. The van der Waals surface area contributed by atoms with Gasteiger partial charge in [-0.05, 0) is 63.5 Å². The molecule has 1 aliphatic heterocycles. The van der Waals surface area contributed by atoms with Crippen LogP contribution in [0, 0.1) is 11.8 Å². The molecule has 2 fully saturated rings. The van der Waals surface area contributed by atoms with Crippen LogP contribution in [0.5, 0.6) is 0 Å². The van der Waals surface area contributed by atoms with Crippen molar-refractivity contribution in [3.63, 3.8) is 0 Å². The molecule has 1 amide bonds. The average Bonchev–Trinajstić information content (AvgIpc) is 2.89. The summed E-state index contributed by atoms with van der Waals surface area (Å²) in [4.78, 5) is 14.2. The van der Waals surface area contributed by atoms with Crippen molar-refractivity contribution in [1.29, 1.82) is 0 Å². The number of nitrogens with zero attached hydrogens (tertiary/aromatic N) is 1. The lowest BCUT2D eigenvalue weighted by Gasteiger charge is -2.33. The summed E-state index contributed by atoms with van der Waals surface area (Å²) in [7, 11) is 2.01. The molecule has 1 heterocycles. The van der Waals surface area contributed by atoms with Crippen molar-refractivity contribution in [2.24, 2.45) is 11.8 Å². The van der Waals surface area contributed by atoms with Gasteiger partial charge in [0.25, 0.3) is 0 Å². The van der Waals surface area contributed by atoms with E-state index in [1.54, 1.807) is 0 Å². The molecule has 0 spiro atoms. The molecule has 1 unspecified atom stereocenters. The lowest BCUT2D eigenvalue weighted by atomic mass is 9.86. The van der Waals surface area contributed by atoms with Crippen LogP contribution in [0.15, 0.2) is 0 Å². The molecule has 0 radical (unpaired) electrons. The van der Waals surface area contributed by atoms with Crippen LogP contribution in [0.2, 0.25) is 0 Å². The first-order chi connectivity index (χ1) is 8.66. The second-order valence-electron chi connectivity index (χ2n) is 6.32. The smallest absolute Gasteiger partial charge is 0.222 e. The summed E-state index contributed by atoms with van der Waals surface area (Å²) in [6, 6.07) is 0.510. The van der Waals surface area contributed by atoms with E-state index in [1.165, 1.54) is 32.1 Å². The number of rotatable bonds is 4. The third kappa shape index (κ3) is 3.71. The molecule has 3 heteroatoms. The highest BCUT2D eigenvalue weighted by atomic mass is 16.2. The quantitative estimate of drug-likeness (QED) is 0.833. The summed E-state index contributed by atoms with van der Waals surface area (Å²) in [6.07, 6.45) is 8.04. The fraction of sp³-hybridized carbons (Fsp3) is 0.933. The third-order valence-electron chi connectivity index (χ3n) is 4.86. The Morgan fingerprint density at radius 1 is 1.22 bits per heavy atom. The van der Waals surface area contributed by atoms with Crippen LogP contribution in [-0.2, 0) is 4.79 Å². The fourth-order valence-electron chi connectivity index (χ4n) is 3.30. The third-order valence-corrected chi connectivity index (χ3v) is 4.86. The summed E-state index contributed by atoms with van der Waals surface area (Å²) >= 11 is 0. The van der Waals surface area contributed by atoms with Gasteiger partial charge in [0, 0.05) is 19.5 Å². The Hall–Kier alpha value is -0.570. The molecule has 18 heavy (non-hydrogen) atoms. The topological polar surface area (TPSA) is 32.3 Å². The van der Waals surface area contributed by atoms with Gasteiger partial charge in [-0.1, -0.05) is 6.92 Å². The second kappa shape index (κ2) is 6.55. The standard InChI is InChI=1S/C15H28N2O/c1-12-3-6-14(7-4-12)17(2)15(18)8-5-13-9-10-16-11-13/h12-14,16H,3-11H2,1-2H3. The van der Waals surface area contributed by atoms with Crippen LogP contribution in [0.1, 0.15) is 51.9 Å². The van der Waals surface area contributed by atoms with Crippen molar-refractivity contribution in [1.82, 2.24) is 10.2 Å². The first-order valence-corrected chi connectivity index (χ1v) is 7.63. The van der Waals surface area contributed by atoms with Crippen molar-refractivity contribution in [2.45, 2.75) is 57.9 Å². The van der Waals surface area contributed by atoms with Crippen molar-refractivity contribution >= 4 is 5.91 Å². The van der Waals surface area contributed by atoms with Gasteiger partial charge in [0.15, 0.2) is 0 Å². The van der Waals surface area contributed by atoms with Gasteiger partial charge in [0.2, 0.25) is 5.91 Å². The molecular weight excluding hydrogens is 224 g/mol. The number of hydrogen-bond acceptors (Lipinski definition) is 2. The van der Waals surface area contributed by atoms with E-state index in [9.17, 15) is 4.79 Å². The summed E-state index contributed by atoms with van der Waals surface area (Å²) in [5, 5.41) is 3.37. The van der Waals surface area contributed by atoms with Gasteiger partial charge in [-0.15, -0.1) is 0 Å². The van der Waals surface area contributed by atoms with Crippen molar-refractivity contribution < 1.29 is 4.79 Å². The molecule has 2 rings (SSSR count). The molecule has 0 aromatic heterocycles.